The van der Waals surface area contributed by atoms with Gasteiger partial charge in [-0.1, -0.05) is 45.7 Å². The number of nitrogens with zero attached hydrogens (tertiary/aromatic N) is 1. The molecular formula is C21H27NO4S. The zero-order valence-corrected chi connectivity index (χ0v) is 16.9. The van der Waals surface area contributed by atoms with Gasteiger partial charge in [0.1, 0.15) is 0 Å². The molecule has 6 heteroatoms. The van der Waals surface area contributed by atoms with Gasteiger partial charge in [0.15, 0.2) is 16.9 Å². The van der Waals surface area contributed by atoms with Gasteiger partial charge in [0, 0.05) is 0 Å². The summed E-state index contributed by atoms with van der Waals surface area (Å²) in [5.41, 5.74) is 3.60. The van der Waals surface area contributed by atoms with Crippen LogP contribution in [0.2, 0.25) is 0 Å². The number of hydrogen-bond donors (Lipinski definition) is 1. The second-order valence-corrected chi connectivity index (χ2v) is 8.53. The van der Waals surface area contributed by atoms with Crippen LogP contribution in [0.3, 0.4) is 0 Å². The third kappa shape index (κ3) is 3.96. The lowest BCUT2D eigenvalue weighted by Crippen LogP contribution is -2.38. The smallest absolute Gasteiger partial charge is 0.286 e. The van der Waals surface area contributed by atoms with E-state index >= 15 is 0 Å². The Morgan fingerprint density at radius 1 is 0.926 bits per heavy atom. The second-order valence-electron chi connectivity index (χ2n) is 6.95. The van der Waals surface area contributed by atoms with Crippen LogP contribution in [0.1, 0.15) is 51.2 Å². The maximum Gasteiger partial charge on any atom is 0.286 e. The van der Waals surface area contributed by atoms with Crippen molar-refractivity contribution in [1.82, 2.24) is 0 Å². The van der Waals surface area contributed by atoms with Crippen molar-refractivity contribution in [2.45, 2.75) is 58.2 Å². The monoisotopic (exact) mass is 389 g/mol. The van der Waals surface area contributed by atoms with Gasteiger partial charge >= 0.3 is 0 Å². The highest BCUT2D eigenvalue weighted by Gasteiger charge is 2.36. The van der Waals surface area contributed by atoms with Crippen molar-refractivity contribution in [3.63, 3.8) is 0 Å². The molecule has 0 radical (unpaired) electrons. The van der Waals surface area contributed by atoms with Crippen molar-refractivity contribution in [3.05, 3.63) is 47.5 Å². The van der Waals surface area contributed by atoms with Crippen LogP contribution in [-0.2, 0) is 23.0 Å². The Morgan fingerprint density at radius 3 is 2.15 bits per heavy atom. The average molecular weight is 390 g/mol. The van der Waals surface area contributed by atoms with E-state index in [-0.39, 0.29) is 6.42 Å². The Bertz CT molecular complexity index is 924. The number of aryl methyl sites for hydroxylation is 2. The van der Waals surface area contributed by atoms with Crippen molar-refractivity contribution >= 4 is 21.5 Å². The third-order valence-corrected chi connectivity index (χ3v) is 6.08. The number of ether oxygens (including phenoxy) is 1. The molecule has 1 atom stereocenters. The highest BCUT2D eigenvalue weighted by molar-refractivity contribution is 7.86. The van der Waals surface area contributed by atoms with Gasteiger partial charge in [0.2, 0.25) is 0 Å². The average Bonchev–Trinajstić information content (AvgIpc) is 2.61. The molecular weight excluding hydrogens is 362 g/mol. The number of rotatable bonds is 7. The number of fused-ring (bicyclic) bond motifs is 2. The van der Waals surface area contributed by atoms with E-state index in [4.69, 9.17) is 4.74 Å². The fourth-order valence-corrected chi connectivity index (χ4v) is 4.56. The zero-order valence-electron chi connectivity index (χ0n) is 16.1. The molecule has 0 fully saturated rings. The lowest BCUT2D eigenvalue weighted by molar-refractivity contribution is 0.451. The quantitative estimate of drug-likeness (QED) is 0.637. The van der Waals surface area contributed by atoms with E-state index in [2.05, 4.69) is 13.8 Å². The van der Waals surface area contributed by atoms with Gasteiger partial charge in [0.05, 0.1) is 11.4 Å². The highest BCUT2D eigenvalue weighted by atomic mass is 32.2. The minimum Gasteiger partial charge on any atom is -0.453 e. The Labute approximate surface area is 161 Å². The molecule has 0 aliphatic carbocycles. The lowest BCUT2D eigenvalue weighted by atomic mass is 10.0. The van der Waals surface area contributed by atoms with Crippen LogP contribution in [0.5, 0.6) is 11.5 Å². The standard InChI is InChI=1S/C21H27NO4S/c1-4-7-15-10-12-19-18(13-15)22(21(6-3)27(23,24)25)17-11-9-16(8-5-2)14-20(17)26-19/h9-14,21H,4-8H2,1-3H3,(H,23,24,25). The fraction of sp³-hybridized carbons (Fsp3) is 0.429. The Balaban J connectivity index is 2.18. The molecule has 0 aromatic heterocycles. The van der Waals surface area contributed by atoms with Crippen LogP contribution < -0.4 is 9.64 Å². The molecule has 1 N–H and O–H groups in total. The molecule has 0 amide bonds. The van der Waals surface area contributed by atoms with Crippen molar-refractivity contribution in [1.29, 1.82) is 0 Å². The maximum absolute atomic E-state index is 12.1. The summed E-state index contributed by atoms with van der Waals surface area (Å²) in [6.45, 7) is 5.97. The van der Waals surface area contributed by atoms with Gasteiger partial charge in [-0.2, -0.15) is 8.42 Å². The van der Waals surface area contributed by atoms with E-state index in [0.29, 0.717) is 22.9 Å². The maximum atomic E-state index is 12.1. The summed E-state index contributed by atoms with van der Waals surface area (Å²) in [6.07, 6.45) is 4.08. The summed E-state index contributed by atoms with van der Waals surface area (Å²) in [4.78, 5) is 1.71. The van der Waals surface area contributed by atoms with Crippen LogP contribution in [0, 0.1) is 0 Å². The first-order valence-electron chi connectivity index (χ1n) is 9.58. The molecule has 2 aromatic rings. The summed E-state index contributed by atoms with van der Waals surface area (Å²) in [7, 11) is -4.28. The number of anilines is 2. The van der Waals surface area contributed by atoms with Crippen molar-refractivity contribution < 1.29 is 17.7 Å². The summed E-state index contributed by atoms with van der Waals surface area (Å²) in [5, 5.41) is -1.06. The largest absolute Gasteiger partial charge is 0.453 e. The Hall–Kier alpha value is -2.05. The van der Waals surface area contributed by atoms with Crippen LogP contribution in [0.15, 0.2) is 36.4 Å². The van der Waals surface area contributed by atoms with E-state index in [1.165, 1.54) is 0 Å². The predicted molar refractivity (Wildman–Crippen MR) is 109 cm³/mol. The normalized spacial score (nSPS) is 14.3. The van der Waals surface area contributed by atoms with Gasteiger partial charge in [0.25, 0.3) is 10.1 Å². The van der Waals surface area contributed by atoms with E-state index in [1.54, 1.807) is 11.8 Å². The minimum atomic E-state index is -4.28. The zero-order chi connectivity index (χ0) is 19.6. The molecule has 1 aliphatic rings. The van der Waals surface area contributed by atoms with Crippen LogP contribution in [0.25, 0.3) is 0 Å². The summed E-state index contributed by atoms with van der Waals surface area (Å²) in [5.74, 6) is 1.23. The molecule has 3 rings (SSSR count). The van der Waals surface area contributed by atoms with Crippen LogP contribution in [-0.4, -0.2) is 18.3 Å². The number of benzene rings is 2. The molecule has 1 unspecified atom stereocenters. The predicted octanol–water partition coefficient (Wildman–Crippen LogP) is 5.46. The lowest BCUT2D eigenvalue weighted by Gasteiger charge is -2.37. The molecule has 1 heterocycles. The molecule has 27 heavy (non-hydrogen) atoms. The summed E-state index contributed by atoms with van der Waals surface area (Å²) >= 11 is 0. The van der Waals surface area contributed by atoms with Crippen molar-refractivity contribution in [2.24, 2.45) is 0 Å². The Kier molecular flexibility index (Phi) is 5.77. The van der Waals surface area contributed by atoms with E-state index in [1.807, 2.05) is 36.4 Å². The molecule has 1 aliphatic heterocycles. The molecule has 5 nitrogen and oxygen atoms in total. The van der Waals surface area contributed by atoms with Crippen LogP contribution in [0.4, 0.5) is 11.4 Å². The summed E-state index contributed by atoms with van der Waals surface area (Å²) in [6, 6.07) is 11.7. The molecule has 0 spiro atoms. The second kappa shape index (κ2) is 7.90. The van der Waals surface area contributed by atoms with Crippen LogP contribution >= 0.6 is 0 Å². The van der Waals surface area contributed by atoms with Gasteiger partial charge in [-0.05, 0) is 54.7 Å². The molecule has 0 saturated heterocycles. The Morgan fingerprint density at radius 2 is 1.56 bits per heavy atom. The first-order valence-corrected chi connectivity index (χ1v) is 11.1. The van der Waals surface area contributed by atoms with E-state index in [9.17, 15) is 13.0 Å². The van der Waals surface area contributed by atoms with E-state index in [0.717, 1.165) is 36.8 Å². The summed E-state index contributed by atoms with van der Waals surface area (Å²) < 4.78 is 40.3. The highest BCUT2D eigenvalue weighted by Crippen LogP contribution is 2.49. The minimum absolute atomic E-state index is 0.256. The SMILES string of the molecule is CCCc1ccc2c(c1)Oc1ccc(CCC)cc1N2C(CC)S(=O)(=O)O. The van der Waals surface area contributed by atoms with Gasteiger partial charge in [-0.15, -0.1) is 0 Å². The third-order valence-electron chi connectivity index (χ3n) is 4.84. The fourth-order valence-electron chi connectivity index (χ4n) is 3.65. The van der Waals surface area contributed by atoms with Gasteiger partial charge in [-0.25, -0.2) is 0 Å². The molecule has 0 bridgehead atoms. The molecule has 146 valence electrons. The molecule has 0 saturated carbocycles. The first-order chi connectivity index (χ1) is 12.9. The van der Waals surface area contributed by atoms with Gasteiger partial charge in [-0.3, -0.25) is 4.55 Å². The number of hydrogen-bond acceptors (Lipinski definition) is 4. The van der Waals surface area contributed by atoms with Crippen molar-refractivity contribution in [3.8, 4) is 11.5 Å². The molecule has 2 aromatic carbocycles. The van der Waals surface area contributed by atoms with E-state index < -0.39 is 15.5 Å². The van der Waals surface area contributed by atoms with Gasteiger partial charge < -0.3 is 9.64 Å². The van der Waals surface area contributed by atoms with Crippen molar-refractivity contribution in [2.75, 3.05) is 4.90 Å². The first kappa shape index (κ1) is 19.7. The topological polar surface area (TPSA) is 66.8 Å².